The van der Waals surface area contributed by atoms with Crippen LogP contribution < -0.4 is 5.32 Å². The highest BCUT2D eigenvalue weighted by Crippen LogP contribution is 2.15. The summed E-state index contributed by atoms with van der Waals surface area (Å²) in [5.74, 6) is 0. The highest BCUT2D eigenvalue weighted by Gasteiger charge is 2.06. The normalized spacial score (nSPS) is 12.7. The molecule has 0 aliphatic rings. The van der Waals surface area contributed by atoms with Crippen molar-refractivity contribution in [2.24, 2.45) is 0 Å². The van der Waals surface area contributed by atoms with Crippen molar-refractivity contribution in [2.75, 3.05) is 6.54 Å². The van der Waals surface area contributed by atoms with Gasteiger partial charge in [0.2, 0.25) is 0 Å². The van der Waals surface area contributed by atoms with Gasteiger partial charge in [-0.15, -0.1) is 0 Å². The molecule has 0 saturated carbocycles. The van der Waals surface area contributed by atoms with E-state index in [1.54, 1.807) is 0 Å². The van der Waals surface area contributed by atoms with Crippen LogP contribution >= 0.6 is 0 Å². The lowest BCUT2D eigenvalue weighted by atomic mass is 9.98. The number of rotatable bonds is 8. The van der Waals surface area contributed by atoms with Crippen LogP contribution in [0, 0.1) is 13.8 Å². The zero-order chi connectivity index (χ0) is 13.4. The molecule has 0 aromatic heterocycles. The molecule has 0 amide bonds. The Labute approximate surface area is 113 Å². The van der Waals surface area contributed by atoms with Crippen LogP contribution in [0.1, 0.15) is 56.2 Å². The topological polar surface area (TPSA) is 12.0 Å². The summed E-state index contributed by atoms with van der Waals surface area (Å²) in [5.41, 5.74) is 4.35. The lowest BCUT2D eigenvalue weighted by Gasteiger charge is -2.17. The summed E-state index contributed by atoms with van der Waals surface area (Å²) in [7, 11) is 0. The molecule has 0 bridgehead atoms. The fourth-order valence-electron chi connectivity index (χ4n) is 2.59. The Hall–Kier alpha value is -0.820. The maximum absolute atomic E-state index is 3.60. The Morgan fingerprint density at radius 2 is 1.89 bits per heavy atom. The Morgan fingerprint density at radius 3 is 2.56 bits per heavy atom. The van der Waals surface area contributed by atoms with Gasteiger partial charge < -0.3 is 5.32 Å². The first-order chi connectivity index (χ1) is 8.67. The van der Waals surface area contributed by atoms with Crippen LogP contribution in [-0.4, -0.2) is 12.6 Å². The highest BCUT2D eigenvalue weighted by atomic mass is 14.9. The largest absolute Gasteiger partial charge is 0.314 e. The molecule has 1 N–H and O–H groups in total. The molecule has 1 aromatic rings. The standard InChI is InChI=1S/C17H29N/c1-5-8-17(18-6-2)10-7-9-16-13-14(3)11-12-15(16)4/h11-13,17-18H,5-10H2,1-4H3. The van der Waals surface area contributed by atoms with Crippen LogP contribution in [0.3, 0.4) is 0 Å². The van der Waals surface area contributed by atoms with Gasteiger partial charge in [-0.05, 0) is 57.2 Å². The maximum Gasteiger partial charge on any atom is 0.00669 e. The molecule has 0 heterocycles. The number of hydrogen-bond acceptors (Lipinski definition) is 1. The summed E-state index contributed by atoms with van der Waals surface area (Å²) in [6, 6.07) is 7.51. The number of nitrogens with one attached hydrogen (secondary N) is 1. The molecule has 0 aliphatic carbocycles. The molecule has 1 nitrogen and oxygen atoms in total. The fraction of sp³-hybridized carbons (Fsp3) is 0.647. The quantitative estimate of drug-likeness (QED) is 0.717. The summed E-state index contributed by atoms with van der Waals surface area (Å²) in [6.07, 6.45) is 6.40. The first-order valence-corrected chi connectivity index (χ1v) is 7.46. The molecule has 1 aromatic carbocycles. The SMILES string of the molecule is CCCC(CCCc1cc(C)ccc1C)NCC. The van der Waals surface area contributed by atoms with E-state index in [-0.39, 0.29) is 0 Å². The van der Waals surface area contributed by atoms with E-state index in [1.807, 2.05) is 0 Å². The van der Waals surface area contributed by atoms with Crippen molar-refractivity contribution >= 4 is 0 Å². The van der Waals surface area contributed by atoms with Crippen LogP contribution in [0.5, 0.6) is 0 Å². The average molecular weight is 247 g/mol. The van der Waals surface area contributed by atoms with Crippen molar-refractivity contribution < 1.29 is 0 Å². The van der Waals surface area contributed by atoms with Gasteiger partial charge in [-0.1, -0.05) is 44.0 Å². The van der Waals surface area contributed by atoms with E-state index < -0.39 is 0 Å². The molecule has 102 valence electrons. The van der Waals surface area contributed by atoms with Crippen LogP contribution in [0.25, 0.3) is 0 Å². The van der Waals surface area contributed by atoms with Gasteiger partial charge in [-0.2, -0.15) is 0 Å². The van der Waals surface area contributed by atoms with Crippen LogP contribution in [0.15, 0.2) is 18.2 Å². The number of benzene rings is 1. The summed E-state index contributed by atoms with van der Waals surface area (Å²) < 4.78 is 0. The molecule has 0 spiro atoms. The second-order valence-electron chi connectivity index (χ2n) is 5.37. The number of aryl methyl sites for hydroxylation is 3. The first-order valence-electron chi connectivity index (χ1n) is 7.46. The van der Waals surface area contributed by atoms with Crippen LogP contribution in [0.4, 0.5) is 0 Å². The van der Waals surface area contributed by atoms with Crippen molar-refractivity contribution in [2.45, 2.75) is 65.8 Å². The number of hydrogen-bond donors (Lipinski definition) is 1. The lowest BCUT2D eigenvalue weighted by Crippen LogP contribution is -2.28. The van der Waals surface area contributed by atoms with E-state index in [0.29, 0.717) is 6.04 Å². The van der Waals surface area contributed by atoms with Crippen molar-refractivity contribution in [3.05, 3.63) is 34.9 Å². The molecular formula is C17H29N. The van der Waals surface area contributed by atoms with Crippen molar-refractivity contribution in [3.8, 4) is 0 Å². The minimum absolute atomic E-state index is 0.713. The van der Waals surface area contributed by atoms with Gasteiger partial charge in [-0.3, -0.25) is 0 Å². The third kappa shape index (κ3) is 5.22. The molecule has 0 fully saturated rings. The predicted octanol–water partition coefficient (Wildman–Crippen LogP) is 4.40. The van der Waals surface area contributed by atoms with Crippen molar-refractivity contribution in [1.29, 1.82) is 0 Å². The van der Waals surface area contributed by atoms with E-state index in [2.05, 4.69) is 51.2 Å². The summed E-state index contributed by atoms with van der Waals surface area (Å²) >= 11 is 0. The van der Waals surface area contributed by atoms with Crippen molar-refractivity contribution in [1.82, 2.24) is 5.32 Å². The molecule has 0 saturated heterocycles. The molecule has 0 radical (unpaired) electrons. The smallest absolute Gasteiger partial charge is 0.00669 e. The summed E-state index contributed by atoms with van der Waals surface area (Å²) in [6.45, 7) is 9.97. The zero-order valence-electron chi connectivity index (χ0n) is 12.6. The monoisotopic (exact) mass is 247 g/mol. The maximum atomic E-state index is 3.60. The third-order valence-corrected chi connectivity index (χ3v) is 3.63. The van der Waals surface area contributed by atoms with E-state index in [1.165, 1.54) is 48.8 Å². The molecule has 1 unspecified atom stereocenters. The minimum atomic E-state index is 0.713. The van der Waals surface area contributed by atoms with E-state index in [0.717, 1.165) is 6.54 Å². The van der Waals surface area contributed by atoms with Gasteiger partial charge in [0.15, 0.2) is 0 Å². The fourth-order valence-corrected chi connectivity index (χ4v) is 2.59. The second kappa shape index (κ2) is 8.31. The zero-order valence-corrected chi connectivity index (χ0v) is 12.6. The molecule has 18 heavy (non-hydrogen) atoms. The van der Waals surface area contributed by atoms with Gasteiger partial charge in [0.1, 0.15) is 0 Å². The average Bonchev–Trinajstić information content (AvgIpc) is 2.34. The van der Waals surface area contributed by atoms with Gasteiger partial charge in [0.05, 0.1) is 0 Å². The van der Waals surface area contributed by atoms with Gasteiger partial charge in [0, 0.05) is 6.04 Å². The van der Waals surface area contributed by atoms with Crippen LogP contribution in [-0.2, 0) is 6.42 Å². The van der Waals surface area contributed by atoms with Gasteiger partial charge >= 0.3 is 0 Å². The molecular weight excluding hydrogens is 218 g/mol. The molecule has 1 rings (SSSR count). The predicted molar refractivity (Wildman–Crippen MR) is 81.2 cm³/mol. The minimum Gasteiger partial charge on any atom is -0.314 e. The lowest BCUT2D eigenvalue weighted by molar-refractivity contribution is 0.447. The Balaban J connectivity index is 2.41. The summed E-state index contributed by atoms with van der Waals surface area (Å²) in [4.78, 5) is 0. The van der Waals surface area contributed by atoms with E-state index in [4.69, 9.17) is 0 Å². The third-order valence-electron chi connectivity index (χ3n) is 3.63. The Kier molecular flexibility index (Phi) is 7.04. The van der Waals surface area contributed by atoms with E-state index in [9.17, 15) is 0 Å². The first kappa shape index (κ1) is 15.2. The Morgan fingerprint density at radius 1 is 1.11 bits per heavy atom. The van der Waals surface area contributed by atoms with Gasteiger partial charge in [0.25, 0.3) is 0 Å². The van der Waals surface area contributed by atoms with E-state index >= 15 is 0 Å². The molecule has 0 aliphatic heterocycles. The molecule has 1 atom stereocenters. The van der Waals surface area contributed by atoms with Crippen LogP contribution in [0.2, 0.25) is 0 Å². The van der Waals surface area contributed by atoms with Crippen molar-refractivity contribution in [3.63, 3.8) is 0 Å². The summed E-state index contributed by atoms with van der Waals surface area (Å²) in [5, 5.41) is 3.60. The highest BCUT2D eigenvalue weighted by molar-refractivity contribution is 5.30. The van der Waals surface area contributed by atoms with Gasteiger partial charge in [-0.25, -0.2) is 0 Å². The second-order valence-corrected chi connectivity index (χ2v) is 5.37. The Bertz CT molecular complexity index is 337. The molecule has 1 heteroatoms.